The number of primary amides is 1. The molecule has 0 atom stereocenters. The number of benzene rings is 2. The van der Waals surface area contributed by atoms with Gasteiger partial charge in [-0.3, -0.25) is 9.59 Å². The van der Waals surface area contributed by atoms with Gasteiger partial charge in [0.1, 0.15) is 0 Å². The quantitative estimate of drug-likeness (QED) is 0.522. The van der Waals surface area contributed by atoms with Crippen molar-refractivity contribution in [3.63, 3.8) is 0 Å². The van der Waals surface area contributed by atoms with E-state index in [2.05, 4.69) is 53.7 Å². The molecule has 0 bridgehead atoms. The fourth-order valence-corrected chi connectivity index (χ4v) is 3.31. The van der Waals surface area contributed by atoms with Crippen molar-refractivity contribution in [1.29, 1.82) is 0 Å². The molecule has 29 heavy (non-hydrogen) atoms. The van der Waals surface area contributed by atoms with E-state index < -0.39 is 5.91 Å². The molecule has 0 fully saturated rings. The van der Waals surface area contributed by atoms with Gasteiger partial charge in [0, 0.05) is 35.8 Å². The second-order valence-corrected chi connectivity index (χ2v) is 7.59. The van der Waals surface area contributed by atoms with Crippen LogP contribution in [0.5, 0.6) is 0 Å². The van der Waals surface area contributed by atoms with Gasteiger partial charge in [-0.05, 0) is 67.9 Å². The number of aromatic amines is 1. The molecule has 0 radical (unpaired) electrons. The number of H-pyrrole nitrogens is 1. The van der Waals surface area contributed by atoms with Gasteiger partial charge in [0.25, 0.3) is 0 Å². The number of rotatable bonds is 9. The summed E-state index contributed by atoms with van der Waals surface area (Å²) in [7, 11) is 4.16. The molecule has 152 valence electrons. The average molecular weight is 393 g/mol. The maximum Gasteiger partial charge on any atom is 0.248 e. The zero-order chi connectivity index (χ0) is 20.8. The van der Waals surface area contributed by atoms with E-state index in [4.69, 9.17) is 5.73 Å². The largest absolute Gasteiger partial charge is 0.366 e. The van der Waals surface area contributed by atoms with E-state index >= 15 is 0 Å². The summed E-state index contributed by atoms with van der Waals surface area (Å²) in [6, 6.07) is 13.2. The van der Waals surface area contributed by atoms with Crippen LogP contribution in [-0.2, 0) is 24.1 Å². The highest BCUT2D eigenvalue weighted by molar-refractivity contribution is 5.92. The lowest BCUT2D eigenvalue weighted by Crippen LogP contribution is -2.27. The highest BCUT2D eigenvalue weighted by atomic mass is 16.1. The molecule has 0 spiro atoms. The highest BCUT2D eigenvalue weighted by Gasteiger charge is 2.07. The molecule has 4 N–H and O–H groups in total. The number of carbonyl (C=O) groups excluding carboxylic acids is 2. The van der Waals surface area contributed by atoms with Crippen LogP contribution < -0.4 is 11.1 Å². The molecule has 1 heterocycles. The van der Waals surface area contributed by atoms with Gasteiger partial charge in [0.2, 0.25) is 11.8 Å². The first-order valence-corrected chi connectivity index (χ1v) is 9.81. The summed E-state index contributed by atoms with van der Waals surface area (Å²) < 4.78 is 0. The molecule has 2 amide bonds. The standard InChI is InChI=1S/C23H28N4O2/c1-27(2)12-10-19-15-26-21-8-5-17(13-20(19)21)9-11-25-22(28)14-16-3-6-18(7-4-16)23(24)29/h3-8,13,15,26H,9-12,14H2,1-2H3,(H2,24,29)(H,25,28). The van der Waals surface area contributed by atoms with Gasteiger partial charge in [-0.15, -0.1) is 0 Å². The number of amides is 2. The Labute approximate surface area is 171 Å². The Morgan fingerprint density at radius 1 is 1.03 bits per heavy atom. The number of carbonyl (C=O) groups is 2. The van der Waals surface area contributed by atoms with Crippen LogP contribution in [0.25, 0.3) is 10.9 Å². The van der Waals surface area contributed by atoms with Crippen LogP contribution in [0.15, 0.2) is 48.7 Å². The highest BCUT2D eigenvalue weighted by Crippen LogP contribution is 2.20. The van der Waals surface area contributed by atoms with E-state index in [1.807, 2.05) is 0 Å². The van der Waals surface area contributed by atoms with Crippen LogP contribution in [-0.4, -0.2) is 48.9 Å². The summed E-state index contributed by atoms with van der Waals surface area (Å²) in [6.45, 7) is 1.59. The summed E-state index contributed by atoms with van der Waals surface area (Å²) in [4.78, 5) is 28.8. The molecule has 0 aliphatic heterocycles. The number of nitrogens with two attached hydrogens (primary N) is 1. The van der Waals surface area contributed by atoms with E-state index in [1.54, 1.807) is 24.3 Å². The molecule has 0 aliphatic carbocycles. The molecular formula is C23H28N4O2. The number of likely N-dealkylation sites (N-methyl/N-ethyl adjacent to an activating group) is 1. The first kappa shape index (κ1) is 20.6. The van der Waals surface area contributed by atoms with Gasteiger partial charge in [0.15, 0.2) is 0 Å². The van der Waals surface area contributed by atoms with Crippen molar-refractivity contribution in [2.24, 2.45) is 5.73 Å². The maximum absolute atomic E-state index is 12.2. The molecule has 3 rings (SSSR count). The van der Waals surface area contributed by atoms with Crippen LogP contribution in [0.2, 0.25) is 0 Å². The van der Waals surface area contributed by atoms with Gasteiger partial charge < -0.3 is 20.9 Å². The second-order valence-electron chi connectivity index (χ2n) is 7.59. The third-order valence-corrected chi connectivity index (χ3v) is 5.00. The third kappa shape index (κ3) is 5.68. The number of nitrogens with zero attached hydrogens (tertiary/aromatic N) is 1. The molecule has 1 aromatic heterocycles. The smallest absolute Gasteiger partial charge is 0.248 e. The van der Waals surface area contributed by atoms with Gasteiger partial charge in [-0.2, -0.15) is 0 Å². The third-order valence-electron chi connectivity index (χ3n) is 5.00. The Hall–Kier alpha value is -3.12. The number of fused-ring (bicyclic) bond motifs is 1. The lowest BCUT2D eigenvalue weighted by atomic mass is 10.1. The predicted octanol–water partition coefficient (Wildman–Crippen LogP) is 2.27. The van der Waals surface area contributed by atoms with Gasteiger partial charge in [-0.25, -0.2) is 0 Å². The number of hydrogen-bond donors (Lipinski definition) is 3. The van der Waals surface area contributed by atoms with Crippen LogP contribution in [0.1, 0.15) is 27.0 Å². The number of aromatic nitrogens is 1. The molecule has 3 aromatic rings. The molecule has 2 aromatic carbocycles. The summed E-state index contributed by atoms with van der Waals surface area (Å²) in [5.41, 5.74) is 10.2. The molecule has 0 aliphatic rings. The topological polar surface area (TPSA) is 91.2 Å². The summed E-state index contributed by atoms with van der Waals surface area (Å²) in [6.07, 6.45) is 4.15. The van der Waals surface area contributed by atoms with Crippen molar-refractivity contribution < 1.29 is 9.59 Å². The van der Waals surface area contributed by atoms with Crippen LogP contribution in [0.4, 0.5) is 0 Å². The van der Waals surface area contributed by atoms with Crippen molar-refractivity contribution >= 4 is 22.7 Å². The molecule has 0 unspecified atom stereocenters. The Balaban J connectivity index is 1.52. The van der Waals surface area contributed by atoms with E-state index in [9.17, 15) is 9.59 Å². The number of nitrogens with one attached hydrogen (secondary N) is 2. The van der Waals surface area contributed by atoms with E-state index in [0.29, 0.717) is 12.1 Å². The normalized spacial score (nSPS) is 11.1. The van der Waals surface area contributed by atoms with Gasteiger partial charge in [-0.1, -0.05) is 18.2 Å². The predicted molar refractivity (Wildman–Crippen MR) is 116 cm³/mol. The Morgan fingerprint density at radius 2 is 1.76 bits per heavy atom. The molecule has 6 heteroatoms. The molecule has 6 nitrogen and oxygen atoms in total. The monoisotopic (exact) mass is 392 g/mol. The lowest BCUT2D eigenvalue weighted by Gasteiger charge is -2.09. The summed E-state index contributed by atoms with van der Waals surface area (Å²) >= 11 is 0. The minimum atomic E-state index is -0.467. The zero-order valence-electron chi connectivity index (χ0n) is 17.0. The van der Waals surface area contributed by atoms with Crippen LogP contribution in [0, 0.1) is 0 Å². The molecule has 0 saturated heterocycles. The fourth-order valence-electron chi connectivity index (χ4n) is 3.31. The minimum absolute atomic E-state index is 0.0359. The van der Waals surface area contributed by atoms with Crippen molar-refractivity contribution in [3.05, 3.63) is 70.9 Å². The van der Waals surface area contributed by atoms with Gasteiger partial charge >= 0.3 is 0 Å². The van der Waals surface area contributed by atoms with Crippen molar-refractivity contribution in [3.8, 4) is 0 Å². The molecular weight excluding hydrogens is 364 g/mol. The van der Waals surface area contributed by atoms with E-state index in [-0.39, 0.29) is 12.3 Å². The zero-order valence-corrected chi connectivity index (χ0v) is 17.0. The van der Waals surface area contributed by atoms with E-state index in [1.165, 1.54) is 16.5 Å². The Kier molecular flexibility index (Phi) is 6.67. The van der Waals surface area contributed by atoms with E-state index in [0.717, 1.165) is 30.5 Å². The summed E-state index contributed by atoms with van der Waals surface area (Å²) in [5, 5.41) is 4.22. The minimum Gasteiger partial charge on any atom is -0.366 e. The van der Waals surface area contributed by atoms with Crippen molar-refractivity contribution in [2.45, 2.75) is 19.3 Å². The first-order valence-electron chi connectivity index (χ1n) is 9.81. The van der Waals surface area contributed by atoms with Crippen molar-refractivity contribution in [2.75, 3.05) is 27.2 Å². The van der Waals surface area contributed by atoms with Crippen molar-refractivity contribution in [1.82, 2.24) is 15.2 Å². The number of hydrogen-bond acceptors (Lipinski definition) is 3. The lowest BCUT2D eigenvalue weighted by molar-refractivity contribution is -0.120. The Bertz CT molecular complexity index is 990. The first-order chi connectivity index (χ1) is 13.9. The second kappa shape index (κ2) is 9.39. The average Bonchev–Trinajstić information content (AvgIpc) is 3.09. The van der Waals surface area contributed by atoms with Crippen LogP contribution >= 0.6 is 0 Å². The fraction of sp³-hybridized carbons (Fsp3) is 0.304. The maximum atomic E-state index is 12.2. The SMILES string of the molecule is CN(C)CCc1c[nH]c2ccc(CCNC(=O)Cc3ccc(C(N)=O)cc3)cc12. The summed E-state index contributed by atoms with van der Waals surface area (Å²) in [5.74, 6) is -0.503. The molecule has 0 saturated carbocycles. The van der Waals surface area contributed by atoms with Gasteiger partial charge in [0.05, 0.1) is 6.42 Å². The Morgan fingerprint density at radius 3 is 2.45 bits per heavy atom. The van der Waals surface area contributed by atoms with Crippen LogP contribution in [0.3, 0.4) is 0 Å².